The summed E-state index contributed by atoms with van der Waals surface area (Å²) in [7, 11) is 0. The predicted molar refractivity (Wildman–Crippen MR) is 78.3 cm³/mol. The maximum Gasteiger partial charge on any atom is 0.174 e. The molecule has 104 valence electrons. The molecule has 5 heteroatoms. The summed E-state index contributed by atoms with van der Waals surface area (Å²) in [5.74, 6) is 2.80. The van der Waals surface area contributed by atoms with Crippen molar-refractivity contribution in [2.75, 3.05) is 31.3 Å². The molecule has 0 atom stereocenters. The summed E-state index contributed by atoms with van der Waals surface area (Å²) in [6.45, 7) is 2.16. The molecular formula is C14H20N2O2S. The zero-order chi connectivity index (χ0) is 13.8. The number of aliphatic hydroxyl groups is 1. The Kier molecular flexibility index (Phi) is 8.90. The highest BCUT2D eigenvalue weighted by Crippen LogP contribution is 2.11. The number of rotatable bonds is 10. The third kappa shape index (κ3) is 7.73. The second-order valence-corrected chi connectivity index (χ2v) is 5.18. The summed E-state index contributed by atoms with van der Waals surface area (Å²) in [4.78, 5) is 0. The average molecular weight is 280 g/mol. The molecule has 0 bridgehead atoms. The van der Waals surface area contributed by atoms with Gasteiger partial charge in [0, 0.05) is 25.4 Å². The molecule has 1 aromatic carbocycles. The van der Waals surface area contributed by atoms with Gasteiger partial charge in [0.15, 0.2) is 6.61 Å². The highest BCUT2D eigenvalue weighted by atomic mass is 32.2. The quantitative estimate of drug-likeness (QED) is 0.640. The van der Waals surface area contributed by atoms with E-state index in [1.54, 1.807) is 0 Å². The van der Waals surface area contributed by atoms with Crippen molar-refractivity contribution in [3.63, 3.8) is 0 Å². The van der Waals surface area contributed by atoms with E-state index in [9.17, 15) is 0 Å². The van der Waals surface area contributed by atoms with Gasteiger partial charge in [0.05, 0.1) is 0 Å². The number of hydrogen-bond acceptors (Lipinski definition) is 5. The number of nitrogens with one attached hydrogen (secondary N) is 1. The van der Waals surface area contributed by atoms with Crippen LogP contribution in [0.1, 0.15) is 12.0 Å². The van der Waals surface area contributed by atoms with Crippen LogP contribution in [0.5, 0.6) is 5.75 Å². The number of ether oxygens (including phenoxy) is 1. The molecule has 19 heavy (non-hydrogen) atoms. The number of aliphatic hydroxyl groups excluding tert-OH is 1. The van der Waals surface area contributed by atoms with Gasteiger partial charge in [-0.25, -0.2) is 0 Å². The van der Waals surface area contributed by atoms with E-state index < -0.39 is 0 Å². The van der Waals surface area contributed by atoms with Gasteiger partial charge in [0.1, 0.15) is 11.8 Å². The number of nitrogens with zero attached hydrogens (tertiary/aromatic N) is 1. The molecule has 2 N–H and O–H groups in total. The number of nitriles is 1. The van der Waals surface area contributed by atoms with Gasteiger partial charge in [0.2, 0.25) is 0 Å². The van der Waals surface area contributed by atoms with Gasteiger partial charge in [-0.15, -0.1) is 0 Å². The normalized spacial score (nSPS) is 10.1. The molecule has 0 spiro atoms. The summed E-state index contributed by atoms with van der Waals surface area (Å²) in [5, 5.41) is 20.4. The minimum absolute atomic E-state index is 0.0860. The van der Waals surface area contributed by atoms with Crippen LogP contribution in [0.2, 0.25) is 0 Å². The topological polar surface area (TPSA) is 65.3 Å². The van der Waals surface area contributed by atoms with Crippen LogP contribution in [-0.4, -0.2) is 36.4 Å². The lowest BCUT2D eigenvalue weighted by molar-refractivity contribution is 0.296. The first-order chi connectivity index (χ1) is 9.36. The van der Waals surface area contributed by atoms with Crippen molar-refractivity contribution in [1.29, 1.82) is 5.26 Å². The van der Waals surface area contributed by atoms with Crippen molar-refractivity contribution in [3.05, 3.63) is 29.8 Å². The van der Waals surface area contributed by atoms with Gasteiger partial charge in [-0.3, -0.25) is 0 Å². The van der Waals surface area contributed by atoms with E-state index in [1.807, 2.05) is 42.1 Å². The Morgan fingerprint density at radius 2 is 2.05 bits per heavy atom. The summed E-state index contributed by atoms with van der Waals surface area (Å²) >= 11 is 1.85. The highest BCUT2D eigenvalue weighted by molar-refractivity contribution is 7.99. The van der Waals surface area contributed by atoms with Crippen molar-refractivity contribution in [3.8, 4) is 11.8 Å². The fourth-order valence-electron chi connectivity index (χ4n) is 1.46. The molecule has 1 aromatic rings. The Hall–Kier alpha value is -1.22. The summed E-state index contributed by atoms with van der Waals surface area (Å²) in [5.41, 5.74) is 1.20. The van der Waals surface area contributed by atoms with Crippen LogP contribution < -0.4 is 10.1 Å². The van der Waals surface area contributed by atoms with Gasteiger partial charge < -0.3 is 15.2 Å². The second kappa shape index (κ2) is 10.7. The molecule has 0 aliphatic rings. The van der Waals surface area contributed by atoms with Gasteiger partial charge in [-0.05, 0) is 29.9 Å². The molecule has 0 saturated carbocycles. The van der Waals surface area contributed by atoms with Crippen LogP contribution in [0.15, 0.2) is 24.3 Å². The second-order valence-electron chi connectivity index (χ2n) is 3.96. The molecule has 0 saturated heterocycles. The fraction of sp³-hybridized carbons (Fsp3) is 0.500. The molecule has 0 amide bonds. The highest BCUT2D eigenvalue weighted by Gasteiger charge is 1.95. The Bertz CT molecular complexity index is 376. The third-order valence-corrected chi connectivity index (χ3v) is 3.50. The van der Waals surface area contributed by atoms with Crippen LogP contribution in [-0.2, 0) is 6.54 Å². The number of benzene rings is 1. The summed E-state index contributed by atoms with van der Waals surface area (Å²) in [6.07, 6.45) is 0.870. The van der Waals surface area contributed by atoms with Crippen molar-refractivity contribution < 1.29 is 9.84 Å². The molecular weight excluding hydrogens is 260 g/mol. The summed E-state index contributed by atoms with van der Waals surface area (Å²) in [6, 6.07) is 9.70. The van der Waals surface area contributed by atoms with Gasteiger partial charge >= 0.3 is 0 Å². The van der Waals surface area contributed by atoms with Crippen LogP contribution >= 0.6 is 11.8 Å². The van der Waals surface area contributed by atoms with E-state index >= 15 is 0 Å². The van der Waals surface area contributed by atoms with E-state index in [0.717, 1.165) is 36.8 Å². The predicted octanol–water partition coefficient (Wildman–Crippen LogP) is 1.79. The van der Waals surface area contributed by atoms with Crippen molar-refractivity contribution >= 4 is 11.8 Å². The maximum absolute atomic E-state index is 8.64. The van der Waals surface area contributed by atoms with Crippen LogP contribution in [0.3, 0.4) is 0 Å². The van der Waals surface area contributed by atoms with Crippen molar-refractivity contribution in [1.82, 2.24) is 5.32 Å². The monoisotopic (exact) mass is 280 g/mol. The zero-order valence-electron chi connectivity index (χ0n) is 11.0. The lowest BCUT2D eigenvalue weighted by Gasteiger charge is -2.06. The van der Waals surface area contributed by atoms with Gasteiger partial charge in [-0.2, -0.15) is 17.0 Å². The lowest BCUT2D eigenvalue weighted by atomic mass is 10.2. The molecule has 0 aliphatic carbocycles. The van der Waals surface area contributed by atoms with Crippen molar-refractivity contribution in [2.45, 2.75) is 13.0 Å². The Balaban J connectivity index is 2.11. The van der Waals surface area contributed by atoms with Gasteiger partial charge in [-0.1, -0.05) is 12.1 Å². The first kappa shape index (κ1) is 15.8. The Morgan fingerprint density at radius 3 is 2.74 bits per heavy atom. The number of thioether (sulfide) groups is 1. The molecule has 0 unspecified atom stereocenters. The SMILES string of the molecule is N#CCOc1ccc(CNCCSCCCO)cc1. The summed E-state index contributed by atoms with van der Waals surface area (Å²) < 4.78 is 5.19. The third-order valence-electron chi connectivity index (χ3n) is 2.43. The van der Waals surface area contributed by atoms with Crippen molar-refractivity contribution in [2.24, 2.45) is 0 Å². The van der Waals surface area contributed by atoms with E-state index in [4.69, 9.17) is 15.1 Å². The number of hydrogen-bond donors (Lipinski definition) is 2. The van der Waals surface area contributed by atoms with E-state index in [1.165, 1.54) is 5.56 Å². The standard InChI is InChI=1S/C14H20N2O2S/c15-6-9-18-14-4-2-13(3-5-14)12-16-7-11-19-10-1-8-17/h2-5,16-17H,1,7-12H2. The van der Waals surface area contributed by atoms with Crippen LogP contribution in [0, 0.1) is 11.3 Å². The molecule has 0 aliphatic heterocycles. The fourth-order valence-corrected chi connectivity index (χ4v) is 2.29. The van der Waals surface area contributed by atoms with Gasteiger partial charge in [0.25, 0.3) is 0 Å². The molecule has 0 heterocycles. The minimum atomic E-state index is 0.0860. The average Bonchev–Trinajstić information content (AvgIpc) is 2.45. The molecule has 1 rings (SSSR count). The zero-order valence-corrected chi connectivity index (χ0v) is 11.8. The molecule has 0 fully saturated rings. The van der Waals surface area contributed by atoms with Crippen LogP contribution in [0.4, 0.5) is 0 Å². The van der Waals surface area contributed by atoms with E-state index in [0.29, 0.717) is 0 Å². The van der Waals surface area contributed by atoms with E-state index in [2.05, 4.69) is 5.32 Å². The molecule has 4 nitrogen and oxygen atoms in total. The Morgan fingerprint density at radius 1 is 1.26 bits per heavy atom. The first-order valence-electron chi connectivity index (χ1n) is 6.35. The molecule has 0 radical (unpaired) electrons. The first-order valence-corrected chi connectivity index (χ1v) is 7.50. The smallest absolute Gasteiger partial charge is 0.174 e. The maximum atomic E-state index is 8.64. The lowest BCUT2D eigenvalue weighted by Crippen LogP contribution is -2.16. The largest absolute Gasteiger partial charge is 0.479 e. The Labute approximate surface area is 118 Å². The molecule has 0 aromatic heterocycles. The van der Waals surface area contributed by atoms with E-state index in [-0.39, 0.29) is 13.2 Å². The van der Waals surface area contributed by atoms with Crippen LogP contribution in [0.25, 0.3) is 0 Å². The minimum Gasteiger partial charge on any atom is -0.479 e.